The predicted molar refractivity (Wildman–Crippen MR) is 122 cm³/mol. The molecule has 5 rings (SSSR count). The number of pyridine rings is 1. The monoisotopic (exact) mass is 430 g/mol. The molecule has 1 saturated carbocycles. The highest BCUT2D eigenvalue weighted by atomic mass is 32.2. The Morgan fingerprint density at radius 3 is 2.65 bits per heavy atom. The molecule has 1 fully saturated rings. The van der Waals surface area contributed by atoms with Crippen LogP contribution >= 0.6 is 11.8 Å². The first-order valence-electron chi connectivity index (χ1n) is 10.4. The second kappa shape index (κ2) is 8.19. The van der Waals surface area contributed by atoms with Crippen molar-refractivity contribution in [2.75, 3.05) is 0 Å². The molecule has 0 amide bonds. The minimum Gasteiger partial charge on any atom is -0.359 e. The van der Waals surface area contributed by atoms with Crippen molar-refractivity contribution in [1.29, 1.82) is 0 Å². The first-order valence-corrected chi connectivity index (χ1v) is 11.4. The number of aryl methyl sites for hydroxylation is 1. The summed E-state index contributed by atoms with van der Waals surface area (Å²) in [5.41, 5.74) is 2.48. The maximum absolute atomic E-state index is 13.3. The van der Waals surface area contributed by atoms with Crippen LogP contribution in [0.5, 0.6) is 0 Å². The van der Waals surface area contributed by atoms with Crippen LogP contribution in [0.15, 0.2) is 75.0 Å². The van der Waals surface area contributed by atoms with Crippen molar-refractivity contribution in [2.45, 2.75) is 37.0 Å². The van der Waals surface area contributed by atoms with Gasteiger partial charge in [0.2, 0.25) is 0 Å². The van der Waals surface area contributed by atoms with Gasteiger partial charge in [0.25, 0.3) is 5.56 Å². The van der Waals surface area contributed by atoms with E-state index in [-0.39, 0.29) is 23.8 Å². The smallest absolute Gasteiger partial charge is 0.258 e. The highest BCUT2D eigenvalue weighted by Crippen LogP contribution is 2.35. The summed E-state index contributed by atoms with van der Waals surface area (Å²) < 4.78 is 6.88. The fraction of sp³-hybridized carbons (Fsp3) is 0.240. The molecule has 156 valence electrons. The first-order chi connectivity index (χ1) is 15.1. The van der Waals surface area contributed by atoms with Gasteiger partial charge in [-0.05, 0) is 42.8 Å². The third-order valence-corrected chi connectivity index (χ3v) is 6.59. The number of Topliss-reactive ketones (excluding diaryl/α,β-unsaturated/α-hetero) is 1. The van der Waals surface area contributed by atoms with Gasteiger partial charge in [-0.1, -0.05) is 41.6 Å². The van der Waals surface area contributed by atoms with Crippen molar-refractivity contribution in [1.82, 2.24) is 9.72 Å². The van der Waals surface area contributed by atoms with E-state index in [0.29, 0.717) is 16.7 Å². The van der Waals surface area contributed by atoms with Crippen LogP contribution in [0.2, 0.25) is 0 Å². The summed E-state index contributed by atoms with van der Waals surface area (Å²) in [4.78, 5) is 27.3. The van der Waals surface area contributed by atoms with Crippen LogP contribution in [0.25, 0.3) is 10.8 Å². The number of thioether (sulfide) groups is 1. The summed E-state index contributed by atoms with van der Waals surface area (Å²) >= 11 is 1.68. The van der Waals surface area contributed by atoms with Crippen molar-refractivity contribution in [2.24, 2.45) is 5.92 Å². The Morgan fingerprint density at radius 1 is 1.13 bits per heavy atom. The van der Waals surface area contributed by atoms with Crippen LogP contribution in [0.4, 0.5) is 0 Å². The first kappa shape index (κ1) is 19.8. The molecule has 31 heavy (non-hydrogen) atoms. The van der Waals surface area contributed by atoms with Crippen molar-refractivity contribution in [3.05, 3.63) is 93.7 Å². The van der Waals surface area contributed by atoms with Gasteiger partial charge in [0, 0.05) is 39.8 Å². The van der Waals surface area contributed by atoms with Crippen LogP contribution in [-0.4, -0.2) is 15.5 Å². The number of hydrogen-bond donors (Lipinski definition) is 0. The Kier molecular flexibility index (Phi) is 5.24. The molecule has 5 nitrogen and oxygen atoms in total. The van der Waals surface area contributed by atoms with Crippen LogP contribution in [0.3, 0.4) is 0 Å². The van der Waals surface area contributed by atoms with E-state index in [0.717, 1.165) is 34.6 Å². The van der Waals surface area contributed by atoms with E-state index >= 15 is 0 Å². The Labute approximate surface area is 184 Å². The van der Waals surface area contributed by atoms with Gasteiger partial charge in [-0.25, -0.2) is 0 Å². The molecule has 0 unspecified atom stereocenters. The van der Waals surface area contributed by atoms with Gasteiger partial charge in [-0.15, -0.1) is 11.8 Å². The van der Waals surface area contributed by atoms with Crippen LogP contribution in [0, 0.1) is 12.8 Å². The van der Waals surface area contributed by atoms with Crippen molar-refractivity contribution < 1.29 is 9.32 Å². The molecule has 2 heterocycles. The molecule has 0 spiro atoms. The average molecular weight is 431 g/mol. The van der Waals surface area contributed by atoms with Gasteiger partial charge in [-0.3, -0.25) is 9.59 Å². The lowest BCUT2D eigenvalue weighted by Crippen LogP contribution is -2.23. The largest absolute Gasteiger partial charge is 0.359 e. The zero-order valence-electron chi connectivity index (χ0n) is 17.2. The number of aromatic nitrogens is 2. The van der Waals surface area contributed by atoms with Gasteiger partial charge < -0.3 is 9.09 Å². The molecule has 0 saturated heterocycles. The van der Waals surface area contributed by atoms with Crippen molar-refractivity contribution in [3.63, 3.8) is 0 Å². The minimum atomic E-state index is -0.126. The molecule has 2 aromatic carbocycles. The Morgan fingerprint density at radius 2 is 1.94 bits per heavy atom. The van der Waals surface area contributed by atoms with E-state index in [1.807, 2.05) is 49.4 Å². The Bertz CT molecular complexity index is 1320. The van der Waals surface area contributed by atoms with Gasteiger partial charge in [0.15, 0.2) is 11.5 Å². The highest BCUT2D eigenvalue weighted by Gasteiger charge is 2.32. The molecule has 0 aliphatic heterocycles. The summed E-state index contributed by atoms with van der Waals surface area (Å²) in [6.07, 6.45) is 3.54. The summed E-state index contributed by atoms with van der Waals surface area (Å²) in [6.45, 7) is 2.09. The summed E-state index contributed by atoms with van der Waals surface area (Å²) in [5.74, 6) is 1.61. The van der Waals surface area contributed by atoms with Gasteiger partial charge >= 0.3 is 0 Å². The summed E-state index contributed by atoms with van der Waals surface area (Å²) in [7, 11) is 0. The summed E-state index contributed by atoms with van der Waals surface area (Å²) in [6, 6.07) is 17.9. The predicted octanol–water partition coefficient (Wildman–Crippen LogP) is 5.23. The maximum atomic E-state index is 13.3. The number of carbonyl (C=O) groups excluding carboxylic acids is 1. The second-order valence-electron chi connectivity index (χ2n) is 8.03. The molecule has 1 aliphatic rings. The zero-order chi connectivity index (χ0) is 21.4. The molecule has 0 N–H and O–H groups in total. The van der Waals surface area contributed by atoms with E-state index < -0.39 is 0 Å². The second-order valence-corrected chi connectivity index (χ2v) is 9.08. The highest BCUT2D eigenvalue weighted by molar-refractivity contribution is 7.98. The molecule has 4 aromatic rings. The number of ketones is 1. The number of fused-ring (bicyclic) bond motifs is 1. The molecule has 0 atom stereocenters. The van der Waals surface area contributed by atoms with E-state index in [4.69, 9.17) is 4.52 Å². The van der Waals surface area contributed by atoms with Crippen LogP contribution < -0.4 is 5.56 Å². The lowest BCUT2D eigenvalue weighted by atomic mass is 10.0. The standard InChI is InChI=1S/C25H22N2O3S/c1-16-11-19(30-26-16)13-27-14-23(24(28)18-7-8-18)21-10-9-20(12-22(21)25(27)29)31-15-17-5-3-2-4-6-17/h2-6,9-12,14,18H,7-8,13,15H2,1H3. The molecular weight excluding hydrogens is 408 g/mol. The van der Waals surface area contributed by atoms with Gasteiger partial charge in [0.05, 0.1) is 12.2 Å². The fourth-order valence-electron chi connectivity index (χ4n) is 3.74. The summed E-state index contributed by atoms with van der Waals surface area (Å²) in [5, 5.41) is 5.21. The van der Waals surface area contributed by atoms with Crippen molar-refractivity contribution in [3.8, 4) is 0 Å². The Hall–Kier alpha value is -3.12. The van der Waals surface area contributed by atoms with Crippen molar-refractivity contribution >= 4 is 28.3 Å². The van der Waals surface area contributed by atoms with E-state index in [2.05, 4.69) is 17.3 Å². The lowest BCUT2D eigenvalue weighted by Gasteiger charge is -2.12. The van der Waals surface area contributed by atoms with Gasteiger partial charge in [-0.2, -0.15) is 0 Å². The minimum absolute atomic E-state index is 0.0776. The quantitative estimate of drug-likeness (QED) is 0.297. The van der Waals surface area contributed by atoms with Crippen LogP contribution in [0.1, 0.15) is 40.2 Å². The van der Waals surface area contributed by atoms with E-state index in [1.165, 1.54) is 5.56 Å². The molecule has 0 radical (unpaired) electrons. The van der Waals surface area contributed by atoms with Gasteiger partial charge in [0.1, 0.15) is 0 Å². The third kappa shape index (κ3) is 4.21. The molecule has 0 bridgehead atoms. The Balaban J connectivity index is 1.55. The normalized spacial score (nSPS) is 13.6. The molecule has 1 aliphatic carbocycles. The molecular formula is C25H22N2O3S. The average Bonchev–Trinajstić information content (AvgIpc) is 3.56. The molecule has 2 aromatic heterocycles. The SMILES string of the molecule is Cc1cc(Cn2cc(C(=O)C3CC3)c3ccc(SCc4ccccc4)cc3c2=O)on1. The topological polar surface area (TPSA) is 65.1 Å². The van der Waals surface area contributed by atoms with Crippen LogP contribution in [-0.2, 0) is 12.3 Å². The third-order valence-electron chi connectivity index (χ3n) is 5.52. The number of benzene rings is 2. The number of hydrogen-bond acceptors (Lipinski definition) is 5. The zero-order valence-corrected chi connectivity index (χ0v) is 18.0. The van der Waals surface area contributed by atoms with E-state index in [1.54, 1.807) is 22.5 Å². The number of rotatable bonds is 7. The lowest BCUT2D eigenvalue weighted by molar-refractivity contribution is 0.0968. The molecule has 6 heteroatoms. The van der Waals surface area contributed by atoms with E-state index in [9.17, 15) is 9.59 Å². The number of nitrogens with zero attached hydrogens (tertiary/aromatic N) is 2. The number of carbonyl (C=O) groups is 1. The fourth-order valence-corrected chi connectivity index (χ4v) is 4.63. The maximum Gasteiger partial charge on any atom is 0.258 e.